The molecule has 1 heterocycles. The van der Waals surface area contributed by atoms with Gasteiger partial charge in [0.15, 0.2) is 0 Å². The summed E-state index contributed by atoms with van der Waals surface area (Å²) >= 11 is 9.41. The van der Waals surface area contributed by atoms with E-state index in [2.05, 4.69) is 20.9 Å². The summed E-state index contributed by atoms with van der Waals surface area (Å²) in [7, 11) is 0. The van der Waals surface area contributed by atoms with Gasteiger partial charge in [0, 0.05) is 16.2 Å². The molecule has 0 bridgehead atoms. The number of nitrogens with two attached hydrogens (primary N) is 1. The van der Waals surface area contributed by atoms with Gasteiger partial charge in [-0.3, -0.25) is 0 Å². The summed E-state index contributed by atoms with van der Waals surface area (Å²) < 4.78 is 0.969. The van der Waals surface area contributed by atoms with E-state index in [-0.39, 0.29) is 5.54 Å². The minimum atomic E-state index is -0.219. The van der Waals surface area contributed by atoms with Crippen LogP contribution in [0.5, 0.6) is 0 Å². The zero-order chi connectivity index (χ0) is 10.9. The van der Waals surface area contributed by atoms with E-state index in [4.69, 9.17) is 17.3 Å². The molecule has 1 aliphatic rings. The topological polar surface area (TPSA) is 38.9 Å². The lowest BCUT2D eigenvalue weighted by atomic mass is 9.78. The average Bonchev–Trinajstić information content (AvgIpc) is 2.23. The maximum absolute atomic E-state index is 6.43. The van der Waals surface area contributed by atoms with Gasteiger partial charge in [0.2, 0.25) is 0 Å². The van der Waals surface area contributed by atoms with Gasteiger partial charge in [-0.1, -0.05) is 30.9 Å². The highest BCUT2D eigenvalue weighted by Gasteiger charge is 2.31. The van der Waals surface area contributed by atoms with E-state index in [9.17, 15) is 0 Å². The maximum atomic E-state index is 6.43. The largest absolute Gasteiger partial charge is 0.321 e. The van der Waals surface area contributed by atoms with Crippen molar-refractivity contribution in [2.75, 3.05) is 0 Å². The number of halogens is 2. The molecule has 1 aromatic rings. The summed E-state index contributed by atoms with van der Waals surface area (Å²) in [5.74, 6) is 0. The highest BCUT2D eigenvalue weighted by atomic mass is 79.9. The minimum Gasteiger partial charge on any atom is -0.321 e. The normalized spacial score (nSPS) is 20.2. The molecule has 15 heavy (non-hydrogen) atoms. The SMILES string of the molecule is NC1(c2cc(Cl)ncc2Br)CCCCC1. The van der Waals surface area contributed by atoms with Crippen LogP contribution >= 0.6 is 27.5 Å². The molecule has 1 aliphatic carbocycles. The van der Waals surface area contributed by atoms with Crippen LogP contribution in [0.2, 0.25) is 5.15 Å². The third-order valence-electron chi connectivity index (χ3n) is 3.10. The van der Waals surface area contributed by atoms with Gasteiger partial charge in [-0.2, -0.15) is 0 Å². The fourth-order valence-electron chi connectivity index (χ4n) is 2.25. The van der Waals surface area contributed by atoms with Crippen LogP contribution in [-0.2, 0) is 5.54 Å². The molecule has 0 spiro atoms. The molecular weight excluding hydrogens is 275 g/mol. The third kappa shape index (κ3) is 2.35. The lowest BCUT2D eigenvalue weighted by molar-refractivity contribution is 0.301. The van der Waals surface area contributed by atoms with E-state index in [1.54, 1.807) is 6.20 Å². The first-order valence-corrected chi connectivity index (χ1v) is 6.39. The molecule has 2 rings (SSSR count). The Morgan fingerprint density at radius 1 is 1.33 bits per heavy atom. The van der Waals surface area contributed by atoms with Crippen molar-refractivity contribution in [2.24, 2.45) is 5.73 Å². The highest BCUT2D eigenvalue weighted by Crippen LogP contribution is 2.38. The van der Waals surface area contributed by atoms with Crippen LogP contribution in [0.1, 0.15) is 37.7 Å². The molecule has 0 aliphatic heterocycles. The molecular formula is C11H14BrClN2. The van der Waals surface area contributed by atoms with Gasteiger partial charge in [-0.05, 0) is 40.4 Å². The third-order valence-corrected chi connectivity index (χ3v) is 3.94. The van der Waals surface area contributed by atoms with Crippen LogP contribution in [0.25, 0.3) is 0 Å². The fourth-order valence-corrected chi connectivity index (χ4v) is 3.02. The van der Waals surface area contributed by atoms with Crippen molar-refractivity contribution in [1.82, 2.24) is 4.98 Å². The van der Waals surface area contributed by atoms with Crippen LogP contribution in [-0.4, -0.2) is 4.98 Å². The number of hydrogen-bond donors (Lipinski definition) is 1. The number of rotatable bonds is 1. The maximum Gasteiger partial charge on any atom is 0.129 e. The number of aromatic nitrogens is 1. The van der Waals surface area contributed by atoms with E-state index < -0.39 is 0 Å². The van der Waals surface area contributed by atoms with Crippen molar-refractivity contribution < 1.29 is 0 Å². The summed E-state index contributed by atoms with van der Waals surface area (Å²) in [6, 6.07) is 1.89. The number of hydrogen-bond acceptors (Lipinski definition) is 2. The summed E-state index contributed by atoms with van der Waals surface area (Å²) in [6.45, 7) is 0. The Labute approximate surface area is 103 Å². The van der Waals surface area contributed by atoms with Crippen LogP contribution in [0.15, 0.2) is 16.7 Å². The van der Waals surface area contributed by atoms with Crippen LogP contribution in [0, 0.1) is 0 Å². The average molecular weight is 290 g/mol. The first-order valence-electron chi connectivity index (χ1n) is 5.22. The molecule has 1 aromatic heterocycles. The standard InChI is InChI=1S/C11H14BrClN2/c12-9-7-15-10(13)6-8(9)11(14)4-2-1-3-5-11/h6-7H,1-5,14H2. The first kappa shape index (κ1) is 11.4. The predicted octanol–water partition coefficient (Wildman–Crippen LogP) is 3.62. The van der Waals surface area contributed by atoms with Crippen LogP contribution < -0.4 is 5.73 Å². The zero-order valence-corrected chi connectivity index (χ0v) is 10.8. The van der Waals surface area contributed by atoms with E-state index in [1.807, 2.05) is 6.07 Å². The second-order valence-electron chi connectivity index (χ2n) is 4.20. The molecule has 0 saturated heterocycles. The number of nitrogens with zero attached hydrogens (tertiary/aromatic N) is 1. The van der Waals surface area contributed by atoms with Crippen molar-refractivity contribution in [3.05, 3.63) is 27.5 Å². The molecule has 1 saturated carbocycles. The molecule has 0 unspecified atom stereocenters. The molecule has 0 amide bonds. The van der Waals surface area contributed by atoms with Crippen molar-refractivity contribution in [3.63, 3.8) is 0 Å². The summed E-state index contributed by atoms with van der Waals surface area (Å²) in [5.41, 5.74) is 7.31. The smallest absolute Gasteiger partial charge is 0.129 e. The molecule has 82 valence electrons. The second kappa shape index (κ2) is 4.40. The summed E-state index contributed by atoms with van der Waals surface area (Å²) in [6.07, 6.45) is 7.49. The van der Waals surface area contributed by atoms with E-state index in [1.165, 1.54) is 19.3 Å². The fraction of sp³-hybridized carbons (Fsp3) is 0.545. The number of pyridine rings is 1. The Balaban J connectivity index is 2.38. The zero-order valence-electron chi connectivity index (χ0n) is 8.47. The van der Waals surface area contributed by atoms with Crippen molar-refractivity contribution >= 4 is 27.5 Å². The molecule has 4 heteroatoms. The van der Waals surface area contributed by atoms with Crippen LogP contribution in [0.3, 0.4) is 0 Å². The second-order valence-corrected chi connectivity index (χ2v) is 5.45. The van der Waals surface area contributed by atoms with Gasteiger partial charge in [0.25, 0.3) is 0 Å². The van der Waals surface area contributed by atoms with Gasteiger partial charge < -0.3 is 5.73 Å². The Bertz CT molecular complexity index is 362. The molecule has 0 atom stereocenters. The first-order chi connectivity index (χ1) is 7.12. The van der Waals surface area contributed by atoms with Crippen molar-refractivity contribution in [2.45, 2.75) is 37.6 Å². The predicted molar refractivity (Wildman–Crippen MR) is 65.9 cm³/mol. The van der Waals surface area contributed by atoms with Gasteiger partial charge in [-0.25, -0.2) is 4.98 Å². The quantitative estimate of drug-likeness (QED) is 0.802. The van der Waals surface area contributed by atoms with E-state index in [0.717, 1.165) is 22.9 Å². The molecule has 2 N–H and O–H groups in total. The van der Waals surface area contributed by atoms with Gasteiger partial charge >= 0.3 is 0 Å². The highest BCUT2D eigenvalue weighted by molar-refractivity contribution is 9.10. The van der Waals surface area contributed by atoms with Gasteiger partial charge in [0.05, 0.1) is 0 Å². The Hall–Kier alpha value is -0.120. The Morgan fingerprint density at radius 3 is 2.67 bits per heavy atom. The van der Waals surface area contributed by atoms with Crippen molar-refractivity contribution in [3.8, 4) is 0 Å². The van der Waals surface area contributed by atoms with Gasteiger partial charge in [0.1, 0.15) is 5.15 Å². The van der Waals surface area contributed by atoms with E-state index in [0.29, 0.717) is 5.15 Å². The van der Waals surface area contributed by atoms with Crippen molar-refractivity contribution in [1.29, 1.82) is 0 Å². The Morgan fingerprint density at radius 2 is 2.00 bits per heavy atom. The van der Waals surface area contributed by atoms with E-state index >= 15 is 0 Å². The summed E-state index contributed by atoms with van der Waals surface area (Å²) in [5, 5.41) is 0.517. The molecule has 0 aromatic carbocycles. The lowest BCUT2D eigenvalue weighted by Gasteiger charge is -2.34. The molecule has 1 fully saturated rings. The monoisotopic (exact) mass is 288 g/mol. The minimum absolute atomic E-state index is 0.219. The molecule has 2 nitrogen and oxygen atoms in total. The summed E-state index contributed by atoms with van der Waals surface area (Å²) in [4.78, 5) is 4.03. The molecule has 0 radical (unpaired) electrons. The lowest BCUT2D eigenvalue weighted by Crippen LogP contribution is -2.39. The Kier molecular flexibility index (Phi) is 3.33. The van der Waals surface area contributed by atoms with Crippen LogP contribution in [0.4, 0.5) is 0 Å². The van der Waals surface area contributed by atoms with Gasteiger partial charge in [-0.15, -0.1) is 0 Å².